The smallest absolute Gasteiger partial charge is 0.490 e. The number of methoxy groups -OCH3 is 1. The van der Waals surface area contributed by atoms with Crippen LogP contribution in [-0.2, 0) is 18.9 Å². The standard InChI is InChI=1S/C22H27NO9/c1-6-7-27-13-9-11-8-12(23)19(24)28-14(11)10(2)15(13)29-20-17-16(30-21(25)31-17)18(26-5)22(3,4)32-20/h8-9,16-18,20H,6-7,23H2,1-5H3/t16-,17+,18+,20+/m0/s1. The number of ether oxygens (including phenoxy) is 6. The first-order valence-corrected chi connectivity index (χ1v) is 10.4. The summed E-state index contributed by atoms with van der Waals surface area (Å²) in [7, 11) is 1.51. The van der Waals surface area contributed by atoms with Crippen LogP contribution in [0.4, 0.5) is 10.5 Å². The van der Waals surface area contributed by atoms with E-state index >= 15 is 0 Å². The van der Waals surface area contributed by atoms with Crippen LogP contribution in [0.2, 0.25) is 0 Å². The van der Waals surface area contributed by atoms with Crippen molar-refractivity contribution in [1.29, 1.82) is 0 Å². The van der Waals surface area contributed by atoms with Crippen molar-refractivity contribution in [2.45, 2.75) is 64.3 Å². The molecule has 0 amide bonds. The topological polar surface area (TPSA) is 129 Å². The van der Waals surface area contributed by atoms with Gasteiger partial charge in [0.2, 0.25) is 12.4 Å². The van der Waals surface area contributed by atoms with E-state index in [4.69, 9.17) is 38.6 Å². The first-order valence-electron chi connectivity index (χ1n) is 10.4. The summed E-state index contributed by atoms with van der Waals surface area (Å²) in [4.78, 5) is 23.9. The molecule has 2 aliphatic rings. The molecule has 0 unspecified atom stereocenters. The molecular formula is C22H27NO9. The van der Waals surface area contributed by atoms with Crippen LogP contribution in [-0.4, -0.2) is 50.1 Å². The second kappa shape index (κ2) is 8.18. The van der Waals surface area contributed by atoms with Crippen LogP contribution in [0.1, 0.15) is 32.8 Å². The highest BCUT2D eigenvalue weighted by Gasteiger charge is 2.59. The lowest BCUT2D eigenvalue weighted by atomic mass is 9.89. The Balaban J connectivity index is 1.78. The molecule has 2 fully saturated rings. The fourth-order valence-corrected chi connectivity index (χ4v) is 4.15. The Morgan fingerprint density at radius 2 is 1.88 bits per heavy atom. The Hall–Kier alpha value is -2.98. The molecule has 10 nitrogen and oxygen atoms in total. The second-order valence-electron chi connectivity index (χ2n) is 8.36. The van der Waals surface area contributed by atoms with Gasteiger partial charge >= 0.3 is 11.8 Å². The number of nitrogens with two attached hydrogens (primary N) is 1. The minimum absolute atomic E-state index is 0.00663. The zero-order valence-corrected chi connectivity index (χ0v) is 18.6. The summed E-state index contributed by atoms with van der Waals surface area (Å²) in [6.07, 6.45) is -3.23. The van der Waals surface area contributed by atoms with Crippen molar-refractivity contribution in [2.24, 2.45) is 0 Å². The van der Waals surface area contributed by atoms with Gasteiger partial charge < -0.3 is 38.6 Å². The van der Waals surface area contributed by atoms with Gasteiger partial charge in [-0.15, -0.1) is 0 Å². The lowest BCUT2D eigenvalue weighted by Gasteiger charge is -2.45. The van der Waals surface area contributed by atoms with E-state index in [1.165, 1.54) is 13.2 Å². The maximum absolute atomic E-state index is 12.0. The van der Waals surface area contributed by atoms with Crippen molar-refractivity contribution in [3.8, 4) is 11.5 Å². The second-order valence-corrected chi connectivity index (χ2v) is 8.36. The molecule has 2 aromatic rings. The summed E-state index contributed by atoms with van der Waals surface area (Å²) in [6.45, 7) is 7.76. The highest BCUT2D eigenvalue weighted by Crippen LogP contribution is 2.43. The predicted molar refractivity (Wildman–Crippen MR) is 113 cm³/mol. The number of fused-ring (bicyclic) bond motifs is 2. The summed E-state index contributed by atoms with van der Waals surface area (Å²) in [5.74, 6) is 0.722. The number of rotatable bonds is 6. The fourth-order valence-electron chi connectivity index (χ4n) is 4.15. The molecule has 1 aromatic heterocycles. The molecule has 10 heteroatoms. The maximum atomic E-state index is 12.0. The number of hydrogen-bond acceptors (Lipinski definition) is 10. The van der Waals surface area contributed by atoms with Gasteiger partial charge in [-0.3, -0.25) is 0 Å². The fraction of sp³-hybridized carbons (Fsp3) is 0.545. The minimum Gasteiger partial charge on any atom is -0.490 e. The third kappa shape index (κ3) is 3.73. The highest BCUT2D eigenvalue weighted by atomic mass is 16.8. The van der Waals surface area contributed by atoms with E-state index in [0.717, 1.165) is 6.42 Å². The molecular weight excluding hydrogens is 422 g/mol. The van der Waals surface area contributed by atoms with E-state index in [9.17, 15) is 9.59 Å². The molecule has 1 aromatic carbocycles. The van der Waals surface area contributed by atoms with Gasteiger partial charge in [0.15, 0.2) is 17.6 Å². The zero-order chi connectivity index (χ0) is 23.2. The molecule has 2 saturated heterocycles. The molecule has 0 bridgehead atoms. The van der Waals surface area contributed by atoms with Crippen LogP contribution in [0.3, 0.4) is 0 Å². The van der Waals surface area contributed by atoms with E-state index in [0.29, 0.717) is 34.6 Å². The van der Waals surface area contributed by atoms with E-state index in [1.807, 2.05) is 20.8 Å². The van der Waals surface area contributed by atoms with Crippen LogP contribution in [0.25, 0.3) is 11.0 Å². The molecule has 4 atom stereocenters. The van der Waals surface area contributed by atoms with Crippen LogP contribution in [0, 0.1) is 6.92 Å². The first-order chi connectivity index (χ1) is 15.2. The molecule has 0 saturated carbocycles. The number of carbonyl (C=O) groups excluding carboxylic acids is 1. The van der Waals surface area contributed by atoms with Gasteiger partial charge in [-0.25, -0.2) is 9.59 Å². The molecule has 0 spiro atoms. The Morgan fingerprint density at radius 3 is 2.56 bits per heavy atom. The Kier molecular flexibility index (Phi) is 5.68. The van der Waals surface area contributed by atoms with Crippen LogP contribution < -0.4 is 20.8 Å². The molecule has 4 rings (SSSR count). The Morgan fingerprint density at radius 1 is 1.16 bits per heavy atom. The average molecular weight is 449 g/mol. The molecule has 2 aliphatic heterocycles. The SMILES string of the molecule is CCCOc1cc2cc(N)c(=O)oc2c(C)c1O[C@@H]1OC(C)(C)[C@H](OC)[C@H]2OC(=O)O[C@@H]12. The minimum atomic E-state index is -1.02. The Bertz CT molecular complexity index is 1090. The molecule has 32 heavy (non-hydrogen) atoms. The quantitative estimate of drug-likeness (QED) is 0.519. The van der Waals surface area contributed by atoms with Crippen molar-refractivity contribution >= 4 is 22.8 Å². The van der Waals surface area contributed by atoms with Gasteiger partial charge in [-0.2, -0.15) is 0 Å². The van der Waals surface area contributed by atoms with Crippen molar-refractivity contribution in [2.75, 3.05) is 19.5 Å². The largest absolute Gasteiger partial charge is 0.509 e. The van der Waals surface area contributed by atoms with Crippen molar-refractivity contribution in [3.63, 3.8) is 0 Å². The van der Waals surface area contributed by atoms with Gasteiger partial charge in [0.05, 0.1) is 12.2 Å². The third-order valence-corrected chi connectivity index (χ3v) is 5.60. The first kappa shape index (κ1) is 22.2. The lowest BCUT2D eigenvalue weighted by molar-refractivity contribution is -0.283. The van der Waals surface area contributed by atoms with Gasteiger partial charge in [-0.1, -0.05) is 6.92 Å². The normalized spacial score (nSPS) is 26.3. The van der Waals surface area contributed by atoms with Crippen LogP contribution >= 0.6 is 0 Å². The molecule has 174 valence electrons. The molecule has 0 aliphatic carbocycles. The summed E-state index contributed by atoms with van der Waals surface area (Å²) in [5, 5.41) is 0.593. The highest BCUT2D eigenvalue weighted by molar-refractivity contribution is 5.86. The number of nitrogen functional groups attached to an aromatic ring is 1. The summed E-state index contributed by atoms with van der Waals surface area (Å²) in [5.41, 5.74) is 5.04. The van der Waals surface area contributed by atoms with Crippen LogP contribution in [0.15, 0.2) is 21.3 Å². The van der Waals surface area contributed by atoms with Crippen molar-refractivity contribution < 1.29 is 37.6 Å². The van der Waals surface area contributed by atoms with E-state index < -0.39 is 42.0 Å². The zero-order valence-electron chi connectivity index (χ0n) is 18.6. The third-order valence-electron chi connectivity index (χ3n) is 5.60. The lowest BCUT2D eigenvalue weighted by Crippen LogP contribution is -2.62. The molecule has 3 heterocycles. The number of anilines is 1. The number of hydrogen-bond donors (Lipinski definition) is 1. The predicted octanol–water partition coefficient (Wildman–Crippen LogP) is 2.91. The monoisotopic (exact) mass is 449 g/mol. The summed E-state index contributed by atoms with van der Waals surface area (Å²) >= 11 is 0. The van der Waals surface area contributed by atoms with E-state index in [2.05, 4.69) is 0 Å². The number of carbonyl (C=O) groups is 1. The van der Waals surface area contributed by atoms with Crippen molar-refractivity contribution in [1.82, 2.24) is 0 Å². The number of benzene rings is 1. The Labute approximate surface area is 184 Å². The van der Waals surface area contributed by atoms with Crippen LogP contribution in [0.5, 0.6) is 11.5 Å². The van der Waals surface area contributed by atoms with Gasteiger partial charge in [0.1, 0.15) is 17.4 Å². The van der Waals surface area contributed by atoms with Gasteiger partial charge in [0, 0.05) is 18.1 Å². The molecule has 2 N–H and O–H groups in total. The number of aryl methyl sites for hydroxylation is 1. The van der Waals surface area contributed by atoms with Gasteiger partial charge in [0.25, 0.3) is 0 Å². The maximum Gasteiger partial charge on any atom is 0.509 e. The van der Waals surface area contributed by atoms with E-state index in [-0.39, 0.29) is 5.69 Å². The average Bonchev–Trinajstić information content (AvgIpc) is 3.11. The molecule has 0 radical (unpaired) electrons. The van der Waals surface area contributed by atoms with Gasteiger partial charge in [-0.05, 0) is 39.3 Å². The summed E-state index contributed by atoms with van der Waals surface area (Å²) in [6, 6.07) is 3.22. The van der Waals surface area contributed by atoms with Crippen molar-refractivity contribution in [3.05, 3.63) is 28.1 Å². The van der Waals surface area contributed by atoms with E-state index in [1.54, 1.807) is 13.0 Å². The summed E-state index contributed by atoms with van der Waals surface area (Å²) < 4.78 is 39.9.